The zero-order valence-electron chi connectivity index (χ0n) is 17.9. The van der Waals surface area contributed by atoms with Gasteiger partial charge < -0.3 is 14.2 Å². The molecule has 2 aromatic rings. The third kappa shape index (κ3) is 5.33. The molecule has 176 valence electrons. The van der Waals surface area contributed by atoms with Crippen LogP contribution in [-0.2, 0) is 19.6 Å². The van der Waals surface area contributed by atoms with Gasteiger partial charge in [-0.2, -0.15) is 4.31 Å². The predicted octanol–water partition coefficient (Wildman–Crippen LogP) is 2.81. The molecule has 0 aromatic heterocycles. The zero-order valence-corrected chi connectivity index (χ0v) is 18.7. The lowest BCUT2D eigenvalue weighted by Crippen LogP contribution is -2.40. The molecular weight excluding hydrogens is 453 g/mol. The fraction of sp³-hybridized carbons (Fsp3) is 0.391. The van der Waals surface area contributed by atoms with Gasteiger partial charge in [0.2, 0.25) is 10.0 Å². The Morgan fingerprint density at radius 1 is 1.00 bits per heavy atom. The van der Waals surface area contributed by atoms with Crippen molar-refractivity contribution in [2.24, 2.45) is 5.92 Å². The van der Waals surface area contributed by atoms with E-state index in [1.54, 1.807) is 6.07 Å². The van der Waals surface area contributed by atoms with Crippen molar-refractivity contribution in [2.75, 3.05) is 32.9 Å². The van der Waals surface area contributed by atoms with Crippen molar-refractivity contribution in [1.82, 2.24) is 4.31 Å². The second-order valence-corrected chi connectivity index (χ2v) is 9.81. The quantitative estimate of drug-likeness (QED) is 0.466. The summed E-state index contributed by atoms with van der Waals surface area (Å²) >= 11 is 0. The van der Waals surface area contributed by atoms with Gasteiger partial charge in [0.15, 0.2) is 23.9 Å². The van der Waals surface area contributed by atoms with Crippen LogP contribution in [-0.4, -0.2) is 57.4 Å². The van der Waals surface area contributed by atoms with Gasteiger partial charge in [0, 0.05) is 31.1 Å². The molecular formula is C23H24FNO7S. The molecule has 10 heteroatoms. The number of carbonyl (C=O) groups excluding carboxylic acids is 2. The number of Topliss-reactive ketones (excluding diaryl/α,β-unsaturated/α-hetero) is 1. The molecule has 0 unspecified atom stereocenters. The number of carbonyl (C=O) groups is 2. The Bertz CT molecular complexity index is 1130. The summed E-state index contributed by atoms with van der Waals surface area (Å²) in [5.74, 6) is -1.02. The van der Waals surface area contributed by atoms with Crippen LogP contribution in [0, 0.1) is 11.7 Å². The van der Waals surface area contributed by atoms with E-state index in [0.717, 1.165) is 18.6 Å². The van der Waals surface area contributed by atoms with Crippen LogP contribution in [0.5, 0.6) is 11.5 Å². The van der Waals surface area contributed by atoms with Crippen molar-refractivity contribution in [3.8, 4) is 11.5 Å². The highest BCUT2D eigenvalue weighted by Gasteiger charge is 2.33. The Morgan fingerprint density at radius 3 is 2.36 bits per heavy atom. The van der Waals surface area contributed by atoms with Gasteiger partial charge in [-0.3, -0.25) is 9.59 Å². The smallest absolute Gasteiger partial charge is 0.309 e. The molecule has 2 aliphatic heterocycles. The number of ether oxygens (including phenoxy) is 3. The summed E-state index contributed by atoms with van der Waals surface area (Å²) in [6.07, 6.45) is 1.29. The predicted molar refractivity (Wildman–Crippen MR) is 115 cm³/mol. The van der Waals surface area contributed by atoms with Gasteiger partial charge in [-0.15, -0.1) is 0 Å². The van der Waals surface area contributed by atoms with E-state index >= 15 is 0 Å². The summed E-state index contributed by atoms with van der Waals surface area (Å²) in [7, 11) is -3.76. The first-order valence-electron chi connectivity index (χ1n) is 10.7. The average molecular weight is 478 g/mol. The number of halogens is 1. The monoisotopic (exact) mass is 477 g/mol. The van der Waals surface area contributed by atoms with Gasteiger partial charge in [-0.05, 0) is 49.2 Å². The van der Waals surface area contributed by atoms with Gasteiger partial charge in [0.1, 0.15) is 5.82 Å². The topological polar surface area (TPSA) is 99.2 Å². The molecule has 1 saturated heterocycles. The Kier molecular flexibility index (Phi) is 6.94. The van der Waals surface area contributed by atoms with Crippen LogP contribution in [0.2, 0.25) is 0 Å². The number of benzene rings is 2. The fourth-order valence-corrected chi connectivity index (χ4v) is 5.24. The number of piperidine rings is 1. The Hall–Kier alpha value is -2.98. The second kappa shape index (κ2) is 9.88. The number of esters is 1. The second-order valence-electron chi connectivity index (χ2n) is 7.88. The normalized spacial score (nSPS) is 17.2. The van der Waals surface area contributed by atoms with Crippen LogP contribution in [0.3, 0.4) is 0 Å². The molecule has 1 fully saturated rings. The van der Waals surface area contributed by atoms with Crippen LogP contribution in [0.25, 0.3) is 0 Å². The molecule has 2 aromatic carbocycles. The Balaban J connectivity index is 1.32. The lowest BCUT2D eigenvalue weighted by atomic mass is 9.98. The van der Waals surface area contributed by atoms with E-state index in [2.05, 4.69) is 0 Å². The average Bonchev–Trinajstić information content (AvgIpc) is 3.08. The lowest BCUT2D eigenvalue weighted by molar-refractivity contribution is -0.148. The summed E-state index contributed by atoms with van der Waals surface area (Å²) in [5.41, 5.74) is 0.250. The number of hydrogen-bond acceptors (Lipinski definition) is 7. The zero-order chi connectivity index (χ0) is 23.4. The maximum atomic E-state index is 13.1. The van der Waals surface area contributed by atoms with Crippen molar-refractivity contribution >= 4 is 21.8 Å². The first kappa shape index (κ1) is 23.2. The molecule has 0 radical (unpaired) electrons. The molecule has 33 heavy (non-hydrogen) atoms. The van der Waals surface area contributed by atoms with Crippen molar-refractivity contribution in [3.63, 3.8) is 0 Å². The maximum absolute atomic E-state index is 13.1. The Morgan fingerprint density at radius 2 is 1.67 bits per heavy atom. The third-order valence-corrected chi connectivity index (χ3v) is 7.55. The molecule has 8 nitrogen and oxygen atoms in total. The van der Waals surface area contributed by atoms with Crippen LogP contribution >= 0.6 is 0 Å². The first-order chi connectivity index (χ1) is 15.8. The van der Waals surface area contributed by atoms with Crippen molar-refractivity contribution in [1.29, 1.82) is 0 Å². The molecule has 2 heterocycles. The van der Waals surface area contributed by atoms with E-state index in [1.807, 2.05) is 0 Å². The highest BCUT2D eigenvalue weighted by molar-refractivity contribution is 7.89. The number of nitrogens with zero attached hydrogens (tertiary/aromatic N) is 1. The molecule has 0 N–H and O–H groups in total. The molecule has 0 aliphatic carbocycles. The summed E-state index contributed by atoms with van der Waals surface area (Å²) < 4.78 is 56.7. The fourth-order valence-electron chi connectivity index (χ4n) is 3.76. The summed E-state index contributed by atoms with van der Waals surface area (Å²) in [4.78, 5) is 24.6. The molecule has 2 aliphatic rings. The molecule has 0 bridgehead atoms. The third-order valence-electron chi connectivity index (χ3n) is 5.66. The maximum Gasteiger partial charge on any atom is 0.309 e. The highest BCUT2D eigenvalue weighted by atomic mass is 32.2. The van der Waals surface area contributed by atoms with Crippen molar-refractivity contribution in [3.05, 3.63) is 53.8 Å². The van der Waals surface area contributed by atoms with Crippen molar-refractivity contribution in [2.45, 2.75) is 24.2 Å². The SMILES string of the molecule is O=C(COC(=O)C1CCN(S(=O)(=O)c2ccc3c(c2)OCCCO3)CC1)c1ccc(F)cc1. The van der Waals surface area contributed by atoms with E-state index in [9.17, 15) is 22.4 Å². The van der Waals surface area contributed by atoms with E-state index in [4.69, 9.17) is 14.2 Å². The van der Waals surface area contributed by atoms with Crippen molar-refractivity contribution < 1.29 is 36.6 Å². The summed E-state index contributed by atoms with van der Waals surface area (Å²) in [6.45, 7) is 0.830. The molecule has 4 rings (SSSR count). The highest BCUT2D eigenvalue weighted by Crippen LogP contribution is 2.33. The van der Waals surface area contributed by atoms with Gasteiger partial charge in [-0.25, -0.2) is 12.8 Å². The molecule has 0 spiro atoms. The van der Waals surface area contributed by atoms with Crippen LogP contribution in [0.15, 0.2) is 47.4 Å². The van der Waals surface area contributed by atoms with E-state index < -0.39 is 40.1 Å². The largest absolute Gasteiger partial charge is 0.490 e. The molecule has 0 atom stereocenters. The molecule has 0 saturated carbocycles. The van der Waals surface area contributed by atoms with Crippen LogP contribution in [0.1, 0.15) is 29.6 Å². The van der Waals surface area contributed by atoms with Gasteiger partial charge >= 0.3 is 5.97 Å². The minimum Gasteiger partial charge on any atom is -0.490 e. The standard InChI is InChI=1S/C23H24FNO7S/c24-18-4-2-16(3-5-18)20(26)15-32-23(27)17-8-10-25(11-9-17)33(28,29)19-6-7-21-22(14-19)31-13-1-12-30-21/h2-7,14,17H,1,8-13,15H2. The van der Waals surface area contributed by atoms with Gasteiger partial charge in [0.05, 0.1) is 24.0 Å². The number of ketones is 1. The lowest BCUT2D eigenvalue weighted by Gasteiger charge is -2.30. The van der Waals surface area contributed by atoms with Gasteiger partial charge in [-0.1, -0.05) is 0 Å². The minimum absolute atomic E-state index is 0.109. The summed E-state index contributed by atoms with van der Waals surface area (Å²) in [5, 5.41) is 0. The number of sulfonamides is 1. The van der Waals surface area contributed by atoms with Crippen LogP contribution < -0.4 is 9.47 Å². The first-order valence-corrected chi connectivity index (χ1v) is 12.1. The van der Waals surface area contributed by atoms with E-state index in [0.29, 0.717) is 24.7 Å². The van der Waals surface area contributed by atoms with E-state index in [-0.39, 0.29) is 36.4 Å². The molecule has 0 amide bonds. The number of fused-ring (bicyclic) bond motifs is 1. The van der Waals surface area contributed by atoms with E-state index in [1.165, 1.54) is 28.6 Å². The minimum atomic E-state index is -3.76. The van der Waals surface area contributed by atoms with Gasteiger partial charge in [0.25, 0.3) is 0 Å². The summed E-state index contributed by atoms with van der Waals surface area (Å²) in [6, 6.07) is 9.53. The number of rotatable bonds is 6. The van der Waals surface area contributed by atoms with Crippen LogP contribution in [0.4, 0.5) is 4.39 Å². The Labute approximate surface area is 191 Å². The number of hydrogen-bond donors (Lipinski definition) is 0.